The summed E-state index contributed by atoms with van der Waals surface area (Å²) < 4.78 is 2.00. The molecule has 1 aromatic carbocycles. The number of aromatic amines is 1. The second-order valence-corrected chi connectivity index (χ2v) is 6.45. The molecule has 0 aliphatic heterocycles. The number of thiophene rings is 1. The fraction of sp³-hybridized carbons (Fsp3) is 0.0714. The number of benzene rings is 1. The largest absolute Gasteiger partial charge is 0.250 e. The molecule has 0 amide bonds. The zero-order chi connectivity index (χ0) is 14.8. The molecule has 0 unspecified atom stereocenters. The Balaban J connectivity index is 2.04. The van der Waals surface area contributed by atoms with Crippen LogP contribution < -0.4 is 0 Å². The minimum absolute atomic E-state index is 0.425. The van der Waals surface area contributed by atoms with Gasteiger partial charge in [0, 0.05) is 15.3 Å². The average molecular weight is 335 g/mol. The molecule has 4 nitrogen and oxygen atoms in total. The first-order chi connectivity index (χ1) is 10.1. The first-order valence-electron chi connectivity index (χ1n) is 6.18. The van der Waals surface area contributed by atoms with Gasteiger partial charge in [0.25, 0.3) is 0 Å². The molecule has 0 spiro atoms. The van der Waals surface area contributed by atoms with Gasteiger partial charge in [-0.25, -0.2) is 5.10 Å². The van der Waals surface area contributed by atoms with Gasteiger partial charge in [0.2, 0.25) is 4.77 Å². The predicted molar refractivity (Wildman–Crippen MR) is 89.9 cm³/mol. The van der Waals surface area contributed by atoms with E-state index in [9.17, 15) is 0 Å². The van der Waals surface area contributed by atoms with Crippen molar-refractivity contribution in [1.29, 1.82) is 0 Å². The van der Waals surface area contributed by atoms with Gasteiger partial charge < -0.3 is 0 Å². The Kier molecular flexibility index (Phi) is 4.01. The van der Waals surface area contributed by atoms with Crippen molar-refractivity contribution >= 4 is 41.4 Å². The Hall–Kier alpha value is -1.76. The molecule has 21 heavy (non-hydrogen) atoms. The summed E-state index contributed by atoms with van der Waals surface area (Å²) in [6.07, 6.45) is 1.77. The Morgan fingerprint density at radius 2 is 2.14 bits per heavy atom. The van der Waals surface area contributed by atoms with Gasteiger partial charge >= 0.3 is 0 Å². The van der Waals surface area contributed by atoms with E-state index in [0.717, 1.165) is 10.4 Å². The van der Waals surface area contributed by atoms with Crippen molar-refractivity contribution in [1.82, 2.24) is 14.9 Å². The van der Waals surface area contributed by atoms with Crippen LogP contribution in [0.4, 0.5) is 0 Å². The van der Waals surface area contributed by atoms with Crippen LogP contribution in [0.2, 0.25) is 5.02 Å². The number of halogens is 1. The van der Waals surface area contributed by atoms with E-state index in [1.165, 1.54) is 4.88 Å². The van der Waals surface area contributed by atoms with E-state index < -0.39 is 0 Å². The molecule has 0 fully saturated rings. The summed E-state index contributed by atoms with van der Waals surface area (Å²) in [4.78, 5) is 2.29. The van der Waals surface area contributed by atoms with Crippen molar-refractivity contribution < 1.29 is 0 Å². The van der Waals surface area contributed by atoms with Crippen molar-refractivity contribution in [2.45, 2.75) is 6.92 Å². The van der Waals surface area contributed by atoms with Crippen LogP contribution >= 0.6 is 35.2 Å². The third-order valence-corrected chi connectivity index (χ3v) is 4.36. The molecule has 7 heteroatoms. The van der Waals surface area contributed by atoms with Crippen LogP contribution in [0.5, 0.6) is 0 Å². The maximum absolute atomic E-state index is 6.21. The molecule has 106 valence electrons. The molecule has 2 aromatic heterocycles. The SMILES string of the molecule is Cc1ccc(/C=N\n2c(-c3ccccc3Cl)n[nH]c2=S)s1. The van der Waals surface area contributed by atoms with Crippen LogP contribution in [0.1, 0.15) is 9.75 Å². The van der Waals surface area contributed by atoms with Gasteiger partial charge in [-0.2, -0.15) is 14.9 Å². The minimum Gasteiger partial charge on any atom is -0.250 e. The summed E-state index contributed by atoms with van der Waals surface area (Å²) in [7, 11) is 0. The Morgan fingerprint density at radius 1 is 1.33 bits per heavy atom. The summed E-state index contributed by atoms with van der Waals surface area (Å²) in [6, 6.07) is 11.5. The maximum Gasteiger partial charge on any atom is 0.216 e. The lowest BCUT2D eigenvalue weighted by Gasteiger charge is -2.02. The number of nitrogens with one attached hydrogen (secondary N) is 1. The summed E-state index contributed by atoms with van der Waals surface area (Å²) in [5.41, 5.74) is 0.783. The first kappa shape index (κ1) is 14.2. The minimum atomic E-state index is 0.425. The summed E-state index contributed by atoms with van der Waals surface area (Å²) in [5, 5.41) is 12.0. The van der Waals surface area contributed by atoms with Gasteiger partial charge in [-0.3, -0.25) is 0 Å². The molecular weight excluding hydrogens is 324 g/mol. The van der Waals surface area contributed by atoms with E-state index in [1.807, 2.05) is 30.3 Å². The molecule has 0 aliphatic rings. The molecule has 3 aromatic rings. The van der Waals surface area contributed by atoms with Crippen LogP contribution in [-0.2, 0) is 0 Å². The molecule has 0 atom stereocenters. The van der Waals surface area contributed by atoms with E-state index in [2.05, 4.69) is 28.3 Å². The fourth-order valence-corrected chi connectivity index (χ4v) is 3.00. The quantitative estimate of drug-likeness (QED) is 0.565. The zero-order valence-corrected chi connectivity index (χ0v) is 13.5. The van der Waals surface area contributed by atoms with Crippen molar-refractivity contribution in [3.8, 4) is 11.4 Å². The molecule has 0 saturated heterocycles. The highest BCUT2D eigenvalue weighted by molar-refractivity contribution is 7.71. The van der Waals surface area contributed by atoms with Crippen LogP contribution in [0.25, 0.3) is 11.4 Å². The van der Waals surface area contributed by atoms with Gasteiger partial charge in [-0.15, -0.1) is 11.3 Å². The zero-order valence-electron chi connectivity index (χ0n) is 11.1. The van der Waals surface area contributed by atoms with E-state index >= 15 is 0 Å². The van der Waals surface area contributed by atoms with E-state index in [1.54, 1.807) is 22.2 Å². The lowest BCUT2D eigenvalue weighted by molar-refractivity contribution is 0.872. The van der Waals surface area contributed by atoms with E-state index in [0.29, 0.717) is 15.6 Å². The Labute approximate surface area is 135 Å². The van der Waals surface area contributed by atoms with Crippen molar-refractivity contribution in [2.75, 3.05) is 0 Å². The molecule has 2 heterocycles. The van der Waals surface area contributed by atoms with E-state index in [4.69, 9.17) is 23.8 Å². The Bertz CT molecular complexity index is 860. The smallest absolute Gasteiger partial charge is 0.216 e. The third kappa shape index (κ3) is 2.97. The summed E-state index contributed by atoms with van der Waals surface area (Å²) in [6.45, 7) is 2.06. The fourth-order valence-electron chi connectivity index (χ4n) is 1.85. The van der Waals surface area contributed by atoms with Crippen LogP contribution in [0.15, 0.2) is 41.5 Å². The van der Waals surface area contributed by atoms with Gasteiger partial charge in [0.1, 0.15) is 0 Å². The first-order valence-corrected chi connectivity index (χ1v) is 7.78. The van der Waals surface area contributed by atoms with Crippen molar-refractivity contribution in [2.24, 2.45) is 5.10 Å². The second kappa shape index (κ2) is 5.93. The van der Waals surface area contributed by atoms with Gasteiger partial charge in [0.15, 0.2) is 5.82 Å². The molecule has 0 saturated carbocycles. The normalized spacial score (nSPS) is 11.3. The lowest BCUT2D eigenvalue weighted by atomic mass is 10.2. The highest BCUT2D eigenvalue weighted by atomic mass is 35.5. The molecule has 0 radical (unpaired) electrons. The summed E-state index contributed by atoms with van der Waals surface area (Å²) >= 11 is 13.1. The van der Waals surface area contributed by atoms with Gasteiger partial charge in [-0.05, 0) is 43.4 Å². The predicted octanol–water partition coefficient (Wildman–Crippen LogP) is 4.51. The molecule has 0 bridgehead atoms. The number of nitrogens with zero attached hydrogens (tertiary/aromatic N) is 3. The number of hydrogen-bond donors (Lipinski definition) is 1. The van der Waals surface area contributed by atoms with Crippen molar-refractivity contribution in [3.05, 3.63) is 55.9 Å². The highest BCUT2D eigenvalue weighted by Crippen LogP contribution is 2.26. The van der Waals surface area contributed by atoms with Crippen LogP contribution in [0.3, 0.4) is 0 Å². The number of hydrogen-bond acceptors (Lipinski definition) is 4. The maximum atomic E-state index is 6.21. The van der Waals surface area contributed by atoms with Crippen LogP contribution in [0, 0.1) is 11.7 Å². The second-order valence-electron chi connectivity index (χ2n) is 4.34. The molecule has 0 aliphatic carbocycles. The third-order valence-electron chi connectivity index (χ3n) is 2.83. The van der Waals surface area contributed by atoms with E-state index in [-0.39, 0.29) is 0 Å². The lowest BCUT2D eigenvalue weighted by Crippen LogP contribution is -1.94. The van der Waals surface area contributed by atoms with Crippen LogP contribution in [-0.4, -0.2) is 21.1 Å². The number of H-pyrrole nitrogens is 1. The highest BCUT2D eigenvalue weighted by Gasteiger charge is 2.11. The summed E-state index contributed by atoms with van der Waals surface area (Å²) in [5.74, 6) is 0.593. The number of rotatable bonds is 3. The Morgan fingerprint density at radius 3 is 2.86 bits per heavy atom. The molecular formula is C14H11ClN4S2. The number of aromatic nitrogens is 3. The topological polar surface area (TPSA) is 46.0 Å². The monoisotopic (exact) mass is 334 g/mol. The molecule has 1 N–H and O–H groups in total. The van der Waals surface area contributed by atoms with Gasteiger partial charge in [-0.1, -0.05) is 23.7 Å². The average Bonchev–Trinajstić information content (AvgIpc) is 3.04. The van der Waals surface area contributed by atoms with Gasteiger partial charge in [0.05, 0.1) is 11.2 Å². The van der Waals surface area contributed by atoms with Crippen molar-refractivity contribution in [3.63, 3.8) is 0 Å². The standard InChI is InChI=1S/C14H11ClN4S2/c1-9-6-7-10(21-9)8-16-19-13(17-18-14(19)20)11-4-2-3-5-12(11)15/h2-8H,1H3,(H,18,20)/b16-8-. The molecule has 3 rings (SSSR count). The number of aryl methyl sites for hydroxylation is 1.